The number of pyridine rings is 1. The van der Waals surface area contributed by atoms with Crippen molar-refractivity contribution in [3.05, 3.63) is 211 Å². The van der Waals surface area contributed by atoms with Gasteiger partial charge in [0.2, 0.25) is 0 Å². The van der Waals surface area contributed by atoms with Crippen LogP contribution in [-0.4, -0.2) is 4.98 Å². The van der Waals surface area contributed by atoms with Crippen molar-refractivity contribution in [2.24, 2.45) is 0 Å². The number of aromatic nitrogens is 1. The molecule has 0 aliphatic heterocycles. The molecule has 0 radical (unpaired) electrons. The summed E-state index contributed by atoms with van der Waals surface area (Å²) < 4.78 is 0. The third-order valence-corrected chi connectivity index (χ3v) is 12.9. The number of nitrogens with zero attached hydrogens (tertiary/aromatic N) is 1. The van der Waals surface area contributed by atoms with Gasteiger partial charge >= 0.3 is 0 Å². The molecule has 0 saturated carbocycles. The minimum Gasteiger partial charge on any atom is -0.247 e. The number of para-hydroxylation sites is 1. The van der Waals surface area contributed by atoms with Crippen LogP contribution in [0.5, 0.6) is 0 Å². The molecule has 1 heterocycles. The smallest absolute Gasteiger partial charge is 0.0759 e. The Kier molecular flexibility index (Phi) is 7.34. The van der Waals surface area contributed by atoms with Crippen molar-refractivity contribution in [2.45, 2.75) is 19.3 Å². The van der Waals surface area contributed by atoms with Crippen LogP contribution < -0.4 is 0 Å². The average Bonchev–Trinajstić information content (AvgIpc) is 3.51. The Hall–Kier alpha value is -7.35. The van der Waals surface area contributed by atoms with Gasteiger partial charge in [-0.05, 0) is 159 Å². The van der Waals surface area contributed by atoms with Crippen molar-refractivity contribution < 1.29 is 0 Å². The minimum absolute atomic E-state index is 0.182. The first-order valence-electron chi connectivity index (χ1n) is 20.6. The summed E-state index contributed by atoms with van der Waals surface area (Å²) in [7, 11) is 0. The van der Waals surface area contributed by atoms with Crippen LogP contribution in [0.15, 0.2) is 200 Å². The minimum atomic E-state index is -0.182. The van der Waals surface area contributed by atoms with Gasteiger partial charge in [0.25, 0.3) is 0 Å². The molecular weight excluding hydrogens is 711 g/mol. The Morgan fingerprint density at radius 3 is 1.37 bits per heavy atom. The second kappa shape index (κ2) is 12.8. The Bertz CT molecular complexity index is 3380. The Balaban J connectivity index is 1.02. The van der Waals surface area contributed by atoms with Crippen LogP contribution in [0.2, 0.25) is 0 Å². The van der Waals surface area contributed by atoms with Gasteiger partial charge in [0, 0.05) is 16.4 Å². The summed E-state index contributed by atoms with van der Waals surface area (Å²) in [6.07, 6.45) is 0. The van der Waals surface area contributed by atoms with E-state index in [1.807, 2.05) is 0 Å². The van der Waals surface area contributed by atoms with E-state index in [-0.39, 0.29) is 5.41 Å². The number of hydrogen-bond donors (Lipinski definition) is 0. The molecule has 0 N–H and O–H groups in total. The molecule has 11 aromatic rings. The van der Waals surface area contributed by atoms with Crippen molar-refractivity contribution in [1.29, 1.82) is 0 Å². The van der Waals surface area contributed by atoms with E-state index in [2.05, 4.69) is 214 Å². The SMILES string of the molecule is CC1(C)c2ccccc2-c2nc3ccccc3c(-c3ccc(-c4cc(-c5ccc6cc7ccccc7cc6c5)cc(-c5ccc6cc7ccccc7cc6c5)c4)cc3)c21. The molecule has 59 heavy (non-hydrogen) atoms. The molecule has 0 bridgehead atoms. The molecule has 1 nitrogen and oxygen atoms in total. The van der Waals surface area contributed by atoms with E-state index in [1.165, 1.54) is 110 Å². The molecule has 0 fully saturated rings. The van der Waals surface area contributed by atoms with E-state index in [9.17, 15) is 0 Å². The highest BCUT2D eigenvalue weighted by molar-refractivity contribution is 6.04. The van der Waals surface area contributed by atoms with Crippen LogP contribution in [0.25, 0.3) is 110 Å². The van der Waals surface area contributed by atoms with Crippen molar-refractivity contribution in [3.8, 4) is 55.8 Å². The number of fused-ring (bicyclic) bond motifs is 8. The van der Waals surface area contributed by atoms with Crippen LogP contribution in [0.4, 0.5) is 0 Å². The Labute approximate surface area is 343 Å². The van der Waals surface area contributed by atoms with Gasteiger partial charge in [-0.25, -0.2) is 4.98 Å². The maximum Gasteiger partial charge on any atom is 0.0759 e. The number of rotatable bonds is 4. The van der Waals surface area contributed by atoms with Crippen molar-refractivity contribution >= 4 is 54.0 Å². The molecular formula is C58H39N. The highest BCUT2D eigenvalue weighted by atomic mass is 14.7. The van der Waals surface area contributed by atoms with Crippen LogP contribution in [0, 0.1) is 0 Å². The molecule has 10 aromatic carbocycles. The summed E-state index contributed by atoms with van der Waals surface area (Å²) in [5, 5.41) is 11.2. The van der Waals surface area contributed by atoms with E-state index < -0.39 is 0 Å². The summed E-state index contributed by atoms with van der Waals surface area (Å²) in [4.78, 5) is 5.29. The van der Waals surface area contributed by atoms with Gasteiger partial charge < -0.3 is 0 Å². The Morgan fingerprint density at radius 2 is 0.780 bits per heavy atom. The van der Waals surface area contributed by atoms with Crippen molar-refractivity contribution in [3.63, 3.8) is 0 Å². The highest BCUT2D eigenvalue weighted by Gasteiger charge is 2.39. The normalized spacial score (nSPS) is 13.1. The van der Waals surface area contributed by atoms with E-state index in [1.54, 1.807) is 0 Å². The molecule has 12 rings (SSSR count). The summed E-state index contributed by atoms with van der Waals surface area (Å²) in [6.45, 7) is 4.70. The third kappa shape index (κ3) is 5.43. The molecule has 1 aromatic heterocycles. The van der Waals surface area contributed by atoms with Crippen LogP contribution in [0.1, 0.15) is 25.0 Å². The third-order valence-electron chi connectivity index (χ3n) is 12.9. The fourth-order valence-electron chi connectivity index (χ4n) is 9.88. The fourth-order valence-corrected chi connectivity index (χ4v) is 9.88. The maximum atomic E-state index is 5.29. The molecule has 1 heteroatoms. The quantitative estimate of drug-likeness (QED) is 0.163. The largest absolute Gasteiger partial charge is 0.247 e. The second-order valence-corrected chi connectivity index (χ2v) is 16.8. The Morgan fingerprint density at radius 1 is 0.339 bits per heavy atom. The zero-order valence-electron chi connectivity index (χ0n) is 33.0. The highest BCUT2D eigenvalue weighted by Crippen LogP contribution is 2.53. The lowest BCUT2D eigenvalue weighted by molar-refractivity contribution is 0.662. The molecule has 0 saturated heterocycles. The number of hydrogen-bond acceptors (Lipinski definition) is 1. The van der Waals surface area contributed by atoms with E-state index in [4.69, 9.17) is 4.98 Å². The van der Waals surface area contributed by atoms with Gasteiger partial charge in [-0.3, -0.25) is 0 Å². The van der Waals surface area contributed by atoms with Gasteiger partial charge in [0.15, 0.2) is 0 Å². The van der Waals surface area contributed by atoms with Crippen LogP contribution in [-0.2, 0) is 5.41 Å². The van der Waals surface area contributed by atoms with Gasteiger partial charge in [0.1, 0.15) is 0 Å². The summed E-state index contributed by atoms with van der Waals surface area (Å²) in [5.74, 6) is 0. The van der Waals surface area contributed by atoms with Crippen LogP contribution in [0.3, 0.4) is 0 Å². The van der Waals surface area contributed by atoms with Gasteiger partial charge in [-0.1, -0.05) is 153 Å². The molecule has 0 atom stereocenters. The summed E-state index contributed by atoms with van der Waals surface area (Å²) >= 11 is 0. The van der Waals surface area contributed by atoms with Crippen LogP contribution >= 0.6 is 0 Å². The topological polar surface area (TPSA) is 12.9 Å². The second-order valence-electron chi connectivity index (χ2n) is 16.8. The molecule has 0 unspecified atom stereocenters. The first kappa shape index (κ1) is 33.8. The zero-order valence-corrected chi connectivity index (χ0v) is 33.0. The monoisotopic (exact) mass is 749 g/mol. The standard InChI is InChI=1S/C58H39N/c1-58(2)53-17-9-7-15-51(53)57-56(58)55(52-16-8-10-18-54(52)59-57)37-21-19-36(20-22-37)46-33-49(44-25-23-42-27-38-11-3-5-13-40(38)29-47(42)31-44)35-50(34-46)45-26-24-43-28-39-12-4-6-14-41(39)30-48(43)32-45/h3-35H,1-2H3. The summed E-state index contributed by atoms with van der Waals surface area (Å²) in [5.41, 5.74) is 15.5. The molecule has 276 valence electrons. The van der Waals surface area contributed by atoms with E-state index in [0.29, 0.717) is 0 Å². The lowest BCUT2D eigenvalue weighted by Crippen LogP contribution is -2.16. The zero-order chi connectivity index (χ0) is 39.2. The molecule has 1 aliphatic carbocycles. The maximum absolute atomic E-state index is 5.29. The predicted molar refractivity (Wildman–Crippen MR) is 251 cm³/mol. The fraction of sp³-hybridized carbons (Fsp3) is 0.0517. The van der Waals surface area contributed by atoms with Gasteiger partial charge in [0.05, 0.1) is 11.2 Å². The van der Waals surface area contributed by atoms with Crippen molar-refractivity contribution in [2.75, 3.05) is 0 Å². The van der Waals surface area contributed by atoms with Gasteiger partial charge in [-0.2, -0.15) is 0 Å². The summed E-state index contributed by atoms with van der Waals surface area (Å²) in [6, 6.07) is 74.2. The molecule has 0 amide bonds. The lowest BCUT2D eigenvalue weighted by Gasteiger charge is -2.25. The van der Waals surface area contributed by atoms with Gasteiger partial charge in [-0.15, -0.1) is 0 Å². The lowest BCUT2D eigenvalue weighted by atomic mass is 9.78. The van der Waals surface area contributed by atoms with E-state index in [0.717, 1.165) is 11.2 Å². The number of benzene rings is 10. The first-order chi connectivity index (χ1) is 28.9. The molecule has 0 spiro atoms. The van der Waals surface area contributed by atoms with E-state index >= 15 is 0 Å². The first-order valence-corrected chi connectivity index (χ1v) is 20.6. The predicted octanol–water partition coefficient (Wildman–Crippen LogP) is 15.8. The average molecular weight is 750 g/mol. The van der Waals surface area contributed by atoms with Crippen molar-refractivity contribution in [1.82, 2.24) is 4.98 Å². The molecule has 1 aliphatic rings.